The first-order valence-electron chi connectivity index (χ1n) is 9.81. The highest BCUT2D eigenvalue weighted by molar-refractivity contribution is 7.92. The molecule has 1 aromatic heterocycles. The number of amides is 1. The van der Waals surface area contributed by atoms with Gasteiger partial charge in [0.15, 0.2) is 11.6 Å². The number of rotatable bonds is 8. The van der Waals surface area contributed by atoms with Gasteiger partial charge in [-0.05, 0) is 43.2 Å². The molecule has 1 saturated carbocycles. The number of benzene rings is 2. The van der Waals surface area contributed by atoms with E-state index in [0.29, 0.717) is 16.9 Å². The number of halogens is 1. The first-order valence-corrected chi connectivity index (χ1v) is 11.7. The van der Waals surface area contributed by atoms with Crippen LogP contribution in [0.15, 0.2) is 54.7 Å². The summed E-state index contributed by atoms with van der Waals surface area (Å²) in [6.07, 6.45) is 4.00. The summed E-state index contributed by atoms with van der Waals surface area (Å²) in [6, 6.07) is 13.5. The first kappa shape index (κ1) is 21.5. The molecule has 1 amide bonds. The number of aromatic nitrogens is 2. The molecule has 4 rings (SSSR count). The van der Waals surface area contributed by atoms with Crippen molar-refractivity contribution in [3.8, 4) is 0 Å². The van der Waals surface area contributed by atoms with Crippen LogP contribution in [0.3, 0.4) is 0 Å². The van der Waals surface area contributed by atoms with Crippen molar-refractivity contribution < 1.29 is 17.6 Å². The van der Waals surface area contributed by atoms with Gasteiger partial charge >= 0.3 is 0 Å². The van der Waals surface area contributed by atoms with Crippen molar-refractivity contribution in [2.75, 3.05) is 21.6 Å². The maximum Gasteiger partial charge on any atom is 0.251 e. The molecule has 9 nitrogen and oxygen atoms in total. The molecule has 0 spiro atoms. The highest BCUT2D eigenvalue weighted by atomic mass is 32.2. The Morgan fingerprint density at radius 3 is 2.53 bits per heavy atom. The molecule has 1 aliphatic rings. The van der Waals surface area contributed by atoms with E-state index >= 15 is 0 Å². The monoisotopic (exact) mass is 456 g/mol. The number of hydrogen-bond acceptors (Lipinski definition) is 7. The van der Waals surface area contributed by atoms with E-state index in [1.54, 1.807) is 48.5 Å². The molecule has 3 aromatic rings. The zero-order chi connectivity index (χ0) is 22.7. The van der Waals surface area contributed by atoms with E-state index in [2.05, 4.69) is 30.6 Å². The molecule has 0 atom stereocenters. The molecule has 1 heterocycles. The quantitative estimate of drug-likeness (QED) is 0.410. The van der Waals surface area contributed by atoms with Gasteiger partial charge in [-0.25, -0.2) is 17.8 Å². The SMILES string of the molecule is CS(=O)(=O)Nc1ccccc1Nc1nc(Nc2cccc(C(=O)NC3CC3)c2)ncc1F. The number of hydrogen-bond donors (Lipinski definition) is 4. The topological polar surface area (TPSA) is 125 Å². The van der Waals surface area contributed by atoms with Crippen molar-refractivity contribution in [1.29, 1.82) is 0 Å². The minimum atomic E-state index is -3.53. The Hall–Kier alpha value is -3.73. The molecule has 4 N–H and O–H groups in total. The Morgan fingerprint density at radius 1 is 1.06 bits per heavy atom. The average Bonchev–Trinajstić information content (AvgIpc) is 3.55. The second-order valence-electron chi connectivity index (χ2n) is 7.39. The summed E-state index contributed by atoms with van der Waals surface area (Å²) in [5, 5.41) is 8.66. The van der Waals surface area contributed by atoms with Crippen LogP contribution >= 0.6 is 0 Å². The van der Waals surface area contributed by atoms with Gasteiger partial charge in [0.25, 0.3) is 5.91 Å². The van der Waals surface area contributed by atoms with Crippen molar-refractivity contribution in [2.45, 2.75) is 18.9 Å². The summed E-state index contributed by atoms with van der Waals surface area (Å²) in [4.78, 5) is 20.3. The van der Waals surface area contributed by atoms with E-state index in [1.807, 2.05) is 0 Å². The Bertz CT molecular complexity index is 1260. The number of sulfonamides is 1. The Labute approximate surface area is 184 Å². The lowest BCUT2D eigenvalue weighted by Crippen LogP contribution is -2.25. The fourth-order valence-corrected chi connectivity index (χ4v) is 3.46. The Morgan fingerprint density at radius 2 is 1.81 bits per heavy atom. The molecule has 32 heavy (non-hydrogen) atoms. The smallest absolute Gasteiger partial charge is 0.251 e. The van der Waals surface area contributed by atoms with Crippen LogP contribution in [0.25, 0.3) is 0 Å². The fraction of sp³-hybridized carbons (Fsp3) is 0.190. The third kappa shape index (κ3) is 5.70. The second-order valence-corrected chi connectivity index (χ2v) is 9.14. The summed E-state index contributed by atoms with van der Waals surface area (Å²) in [6.45, 7) is 0. The van der Waals surface area contributed by atoms with Gasteiger partial charge < -0.3 is 16.0 Å². The predicted molar refractivity (Wildman–Crippen MR) is 120 cm³/mol. The number of carbonyl (C=O) groups excluding carboxylic acids is 1. The summed E-state index contributed by atoms with van der Waals surface area (Å²) < 4.78 is 39.9. The van der Waals surface area contributed by atoms with Gasteiger partial charge in [-0.1, -0.05) is 18.2 Å². The van der Waals surface area contributed by atoms with Crippen LogP contribution in [0.1, 0.15) is 23.2 Å². The van der Waals surface area contributed by atoms with Gasteiger partial charge in [0, 0.05) is 17.3 Å². The van der Waals surface area contributed by atoms with Crippen LogP contribution in [0.4, 0.5) is 33.2 Å². The lowest BCUT2D eigenvalue weighted by Gasteiger charge is -2.13. The van der Waals surface area contributed by atoms with Crippen molar-refractivity contribution in [3.05, 3.63) is 66.1 Å². The minimum Gasteiger partial charge on any atom is -0.349 e. The second kappa shape index (κ2) is 8.79. The van der Waals surface area contributed by atoms with Crippen LogP contribution in [0, 0.1) is 5.82 Å². The number of carbonyl (C=O) groups is 1. The highest BCUT2D eigenvalue weighted by Gasteiger charge is 2.23. The van der Waals surface area contributed by atoms with Gasteiger partial charge in [0.1, 0.15) is 0 Å². The van der Waals surface area contributed by atoms with Gasteiger partial charge in [-0.2, -0.15) is 4.98 Å². The summed E-state index contributed by atoms with van der Waals surface area (Å²) in [7, 11) is -3.53. The molecule has 0 bridgehead atoms. The molecule has 2 aromatic carbocycles. The lowest BCUT2D eigenvalue weighted by molar-refractivity contribution is 0.0951. The van der Waals surface area contributed by atoms with Gasteiger partial charge in [0.05, 0.1) is 23.8 Å². The summed E-state index contributed by atoms with van der Waals surface area (Å²) in [5.41, 5.74) is 1.62. The van der Waals surface area contributed by atoms with E-state index in [1.165, 1.54) is 0 Å². The zero-order valence-electron chi connectivity index (χ0n) is 17.1. The van der Waals surface area contributed by atoms with Crippen LogP contribution in [0.5, 0.6) is 0 Å². The first-order chi connectivity index (χ1) is 15.3. The van der Waals surface area contributed by atoms with Gasteiger partial charge in [0.2, 0.25) is 16.0 Å². The molecule has 0 aliphatic heterocycles. The molecule has 0 unspecified atom stereocenters. The van der Waals surface area contributed by atoms with Crippen LogP contribution in [-0.2, 0) is 10.0 Å². The normalized spacial score (nSPS) is 13.3. The molecule has 1 aliphatic carbocycles. The molecular formula is C21H21FN6O3S. The number of nitrogens with zero attached hydrogens (tertiary/aromatic N) is 2. The zero-order valence-corrected chi connectivity index (χ0v) is 17.9. The Kier molecular flexibility index (Phi) is 5.91. The lowest BCUT2D eigenvalue weighted by atomic mass is 10.2. The van der Waals surface area contributed by atoms with E-state index in [4.69, 9.17) is 0 Å². The minimum absolute atomic E-state index is 0.0993. The standard InChI is InChI=1S/C21H21FN6O3S/c1-32(30,31)28-18-8-3-2-7-17(18)26-19-16(22)12-23-21(27-19)25-15-6-4-5-13(11-15)20(29)24-14-9-10-14/h2-8,11-12,14,28H,9-10H2,1H3,(H,24,29)(H2,23,25,26,27). The third-order valence-electron chi connectivity index (χ3n) is 4.51. The molecular weight excluding hydrogens is 435 g/mol. The number of para-hydroxylation sites is 2. The predicted octanol–water partition coefficient (Wildman–Crippen LogP) is 3.37. The van der Waals surface area contributed by atoms with E-state index in [9.17, 15) is 17.6 Å². The van der Waals surface area contributed by atoms with Crippen molar-refractivity contribution in [2.24, 2.45) is 0 Å². The highest BCUT2D eigenvalue weighted by Crippen LogP contribution is 2.27. The average molecular weight is 457 g/mol. The fourth-order valence-electron chi connectivity index (χ4n) is 2.89. The maximum atomic E-state index is 14.4. The number of nitrogens with one attached hydrogen (secondary N) is 4. The molecule has 11 heteroatoms. The van der Waals surface area contributed by atoms with Gasteiger partial charge in [-0.15, -0.1) is 0 Å². The van der Waals surface area contributed by atoms with Crippen LogP contribution in [-0.4, -0.2) is 36.6 Å². The molecule has 0 radical (unpaired) electrons. The summed E-state index contributed by atoms with van der Waals surface area (Å²) in [5.74, 6) is -0.925. The summed E-state index contributed by atoms with van der Waals surface area (Å²) >= 11 is 0. The van der Waals surface area contributed by atoms with E-state index in [-0.39, 0.29) is 29.4 Å². The van der Waals surface area contributed by atoms with Crippen LogP contribution < -0.4 is 20.7 Å². The van der Waals surface area contributed by atoms with E-state index in [0.717, 1.165) is 25.3 Å². The third-order valence-corrected chi connectivity index (χ3v) is 5.10. The number of anilines is 5. The molecule has 1 fully saturated rings. The largest absolute Gasteiger partial charge is 0.349 e. The van der Waals surface area contributed by atoms with Crippen LogP contribution in [0.2, 0.25) is 0 Å². The maximum absolute atomic E-state index is 14.4. The van der Waals surface area contributed by atoms with Gasteiger partial charge in [-0.3, -0.25) is 9.52 Å². The molecule has 166 valence electrons. The molecule has 0 saturated heterocycles. The van der Waals surface area contributed by atoms with E-state index < -0.39 is 15.8 Å². The van der Waals surface area contributed by atoms with Crippen molar-refractivity contribution >= 4 is 44.8 Å². The Balaban J connectivity index is 1.53. The van der Waals surface area contributed by atoms with Crippen molar-refractivity contribution in [1.82, 2.24) is 15.3 Å². The van der Waals surface area contributed by atoms with Crippen molar-refractivity contribution in [3.63, 3.8) is 0 Å².